The highest BCUT2D eigenvalue weighted by Gasteiger charge is 2.44. The third-order valence-electron chi connectivity index (χ3n) is 5.45. The van der Waals surface area contributed by atoms with E-state index in [1.54, 1.807) is 0 Å². The Labute approximate surface area is 125 Å². The molecule has 0 amide bonds. The lowest BCUT2D eigenvalue weighted by atomic mass is 9.71. The van der Waals surface area contributed by atoms with Crippen LogP contribution < -0.4 is 0 Å². The normalized spacial score (nSPS) is 28.2. The molecule has 1 fully saturated rings. The van der Waals surface area contributed by atoms with Crippen LogP contribution in [0.25, 0.3) is 0 Å². The van der Waals surface area contributed by atoms with Gasteiger partial charge in [0.15, 0.2) is 8.32 Å². The van der Waals surface area contributed by atoms with Crippen molar-refractivity contribution in [3.63, 3.8) is 0 Å². The topological polar surface area (TPSA) is 35.5 Å². The second kappa shape index (κ2) is 6.18. The van der Waals surface area contributed by atoms with Gasteiger partial charge < -0.3 is 9.16 Å². The SMILES string of the molecule is CCC1(C(=O)OC)CCC(O[Si](C)(C)C(C)(C)C)CC1. The summed E-state index contributed by atoms with van der Waals surface area (Å²) >= 11 is 0. The van der Waals surface area contributed by atoms with Crippen molar-refractivity contribution in [2.45, 2.75) is 84.0 Å². The van der Waals surface area contributed by atoms with Gasteiger partial charge >= 0.3 is 5.97 Å². The first-order chi connectivity index (χ1) is 9.08. The fourth-order valence-corrected chi connectivity index (χ4v) is 4.20. The van der Waals surface area contributed by atoms with E-state index >= 15 is 0 Å². The number of carbonyl (C=O) groups excluding carboxylic acids is 1. The van der Waals surface area contributed by atoms with Gasteiger partial charge in [-0.15, -0.1) is 0 Å². The van der Waals surface area contributed by atoms with Crippen LogP contribution in [-0.2, 0) is 14.0 Å². The Hall–Kier alpha value is -0.353. The average molecular weight is 301 g/mol. The number of carbonyl (C=O) groups is 1. The van der Waals surface area contributed by atoms with Gasteiger partial charge in [0.05, 0.1) is 12.5 Å². The summed E-state index contributed by atoms with van der Waals surface area (Å²) in [6.07, 6.45) is 4.95. The van der Waals surface area contributed by atoms with Crippen molar-refractivity contribution in [3.8, 4) is 0 Å². The van der Waals surface area contributed by atoms with E-state index in [1.165, 1.54) is 7.11 Å². The summed E-state index contributed by atoms with van der Waals surface area (Å²) in [5.74, 6) is -0.0363. The molecule has 20 heavy (non-hydrogen) atoms. The summed E-state index contributed by atoms with van der Waals surface area (Å²) in [5.41, 5.74) is -0.262. The molecule has 0 N–H and O–H groups in total. The van der Waals surface area contributed by atoms with Gasteiger partial charge in [-0.05, 0) is 50.2 Å². The van der Waals surface area contributed by atoms with Crippen LogP contribution >= 0.6 is 0 Å². The molecule has 0 saturated heterocycles. The molecule has 1 aliphatic carbocycles. The van der Waals surface area contributed by atoms with Gasteiger partial charge in [0.25, 0.3) is 0 Å². The van der Waals surface area contributed by atoms with Gasteiger partial charge in [-0.1, -0.05) is 27.7 Å². The van der Waals surface area contributed by atoms with Gasteiger partial charge in [-0.25, -0.2) is 0 Å². The zero-order valence-electron chi connectivity index (χ0n) is 14.3. The van der Waals surface area contributed by atoms with Crippen molar-refractivity contribution >= 4 is 14.3 Å². The van der Waals surface area contributed by atoms with E-state index in [4.69, 9.17) is 9.16 Å². The highest BCUT2D eigenvalue weighted by Crippen LogP contribution is 2.44. The molecule has 0 aromatic heterocycles. The lowest BCUT2D eigenvalue weighted by Gasteiger charge is -2.43. The molecule has 3 nitrogen and oxygen atoms in total. The van der Waals surface area contributed by atoms with Gasteiger partial charge in [0.2, 0.25) is 0 Å². The van der Waals surface area contributed by atoms with E-state index in [0.29, 0.717) is 6.10 Å². The Bertz CT molecular complexity index is 336. The van der Waals surface area contributed by atoms with E-state index in [-0.39, 0.29) is 16.4 Å². The second-order valence-electron chi connectivity index (χ2n) is 7.70. The Morgan fingerprint density at radius 2 is 1.75 bits per heavy atom. The molecule has 0 aromatic rings. The molecule has 0 aromatic carbocycles. The van der Waals surface area contributed by atoms with Gasteiger partial charge in [-0.3, -0.25) is 4.79 Å². The maximum atomic E-state index is 12.0. The third kappa shape index (κ3) is 3.64. The zero-order chi connectivity index (χ0) is 15.6. The summed E-state index contributed by atoms with van der Waals surface area (Å²) in [5, 5.41) is 0.245. The van der Waals surface area contributed by atoms with Crippen LogP contribution in [0.4, 0.5) is 0 Å². The van der Waals surface area contributed by atoms with Crippen LogP contribution in [0.1, 0.15) is 59.8 Å². The van der Waals surface area contributed by atoms with Crippen LogP contribution in [0.15, 0.2) is 0 Å². The van der Waals surface area contributed by atoms with Crippen LogP contribution in [0.5, 0.6) is 0 Å². The summed E-state index contributed by atoms with van der Waals surface area (Å²) < 4.78 is 11.5. The minimum absolute atomic E-state index is 0.0363. The molecule has 1 aliphatic rings. The molecule has 0 heterocycles. The average Bonchev–Trinajstić information content (AvgIpc) is 2.37. The first-order valence-electron chi connectivity index (χ1n) is 7.84. The molecule has 0 unspecified atom stereocenters. The Morgan fingerprint density at radius 1 is 1.25 bits per heavy atom. The highest BCUT2D eigenvalue weighted by atomic mass is 28.4. The second-order valence-corrected chi connectivity index (χ2v) is 12.5. The van der Waals surface area contributed by atoms with Crippen molar-refractivity contribution in [1.82, 2.24) is 0 Å². The number of hydrogen-bond donors (Lipinski definition) is 0. The molecule has 0 spiro atoms. The Balaban J connectivity index is 2.65. The summed E-state index contributed by atoms with van der Waals surface area (Å²) in [4.78, 5) is 12.0. The van der Waals surface area contributed by atoms with Gasteiger partial charge in [-0.2, -0.15) is 0 Å². The summed E-state index contributed by atoms with van der Waals surface area (Å²) in [6, 6.07) is 0. The zero-order valence-corrected chi connectivity index (χ0v) is 15.3. The number of esters is 1. The van der Waals surface area contributed by atoms with Crippen molar-refractivity contribution in [2.24, 2.45) is 5.41 Å². The minimum Gasteiger partial charge on any atom is -0.469 e. The predicted octanol–water partition coefficient (Wildman–Crippen LogP) is 4.52. The number of rotatable bonds is 4. The van der Waals surface area contributed by atoms with Crippen LogP contribution in [0.2, 0.25) is 18.1 Å². The largest absolute Gasteiger partial charge is 0.469 e. The standard InChI is InChI=1S/C16H32O3Si/c1-8-16(14(17)18-5)11-9-13(10-12-16)19-20(6,7)15(2,3)4/h13H,8-12H2,1-7H3. The van der Waals surface area contributed by atoms with Crippen molar-refractivity contribution in [1.29, 1.82) is 0 Å². The molecule has 1 saturated carbocycles. The quantitative estimate of drug-likeness (QED) is 0.565. The first kappa shape index (κ1) is 17.7. The van der Waals surface area contributed by atoms with Crippen molar-refractivity contribution in [3.05, 3.63) is 0 Å². The minimum atomic E-state index is -1.70. The van der Waals surface area contributed by atoms with Crippen LogP contribution in [0.3, 0.4) is 0 Å². The molecular formula is C16H32O3Si. The van der Waals surface area contributed by atoms with Crippen LogP contribution in [0, 0.1) is 5.41 Å². The molecule has 1 rings (SSSR count). The van der Waals surface area contributed by atoms with E-state index in [9.17, 15) is 4.79 Å². The fraction of sp³-hybridized carbons (Fsp3) is 0.938. The van der Waals surface area contributed by atoms with Gasteiger partial charge in [0, 0.05) is 6.10 Å². The smallest absolute Gasteiger partial charge is 0.311 e. The number of hydrogen-bond acceptors (Lipinski definition) is 3. The Kier molecular flexibility index (Phi) is 5.47. The van der Waals surface area contributed by atoms with Crippen molar-refractivity contribution in [2.75, 3.05) is 7.11 Å². The maximum absolute atomic E-state index is 12.0. The van der Waals surface area contributed by atoms with E-state index in [1.807, 2.05) is 0 Å². The highest BCUT2D eigenvalue weighted by molar-refractivity contribution is 6.74. The van der Waals surface area contributed by atoms with E-state index < -0.39 is 8.32 Å². The number of methoxy groups -OCH3 is 1. The molecule has 0 bridgehead atoms. The lowest BCUT2D eigenvalue weighted by molar-refractivity contribution is -0.156. The third-order valence-corrected chi connectivity index (χ3v) is 9.99. The number of ether oxygens (including phenoxy) is 1. The molecule has 0 radical (unpaired) electrons. The Morgan fingerprint density at radius 3 is 2.10 bits per heavy atom. The van der Waals surface area contributed by atoms with Gasteiger partial charge in [0.1, 0.15) is 0 Å². The molecule has 118 valence electrons. The molecular weight excluding hydrogens is 268 g/mol. The monoisotopic (exact) mass is 300 g/mol. The maximum Gasteiger partial charge on any atom is 0.311 e. The van der Waals surface area contributed by atoms with E-state index in [2.05, 4.69) is 40.8 Å². The molecule has 4 heteroatoms. The summed E-state index contributed by atoms with van der Waals surface area (Å²) in [6.45, 7) is 13.5. The fourth-order valence-electron chi connectivity index (χ4n) is 2.77. The van der Waals surface area contributed by atoms with Crippen molar-refractivity contribution < 1.29 is 14.0 Å². The van der Waals surface area contributed by atoms with Crippen LogP contribution in [-0.4, -0.2) is 27.5 Å². The predicted molar refractivity (Wildman–Crippen MR) is 85.3 cm³/mol. The van der Waals surface area contributed by atoms with E-state index in [0.717, 1.165) is 32.1 Å². The molecule has 0 aliphatic heterocycles. The first-order valence-corrected chi connectivity index (χ1v) is 10.7. The molecule has 0 atom stereocenters. The lowest BCUT2D eigenvalue weighted by Crippen LogP contribution is -2.46. The summed E-state index contributed by atoms with van der Waals surface area (Å²) in [7, 11) is -0.203.